The van der Waals surface area contributed by atoms with Crippen LogP contribution in [0.4, 0.5) is 0 Å². The summed E-state index contributed by atoms with van der Waals surface area (Å²) < 4.78 is 0. The van der Waals surface area contributed by atoms with Crippen molar-refractivity contribution in [1.29, 1.82) is 0 Å². The van der Waals surface area contributed by atoms with Crippen LogP contribution in [-0.4, -0.2) is 41.4 Å². The number of carboxylic acid groups (broad SMARTS) is 1. The first-order valence-corrected chi connectivity index (χ1v) is 6.48. The molecule has 6 heteroatoms. The number of aliphatic carboxylic acids is 1. The normalized spacial score (nSPS) is 28.1. The van der Waals surface area contributed by atoms with Crippen LogP contribution in [0.2, 0.25) is 0 Å². The van der Waals surface area contributed by atoms with E-state index in [9.17, 15) is 9.59 Å². The van der Waals surface area contributed by atoms with Gasteiger partial charge in [0.1, 0.15) is 6.04 Å². The minimum Gasteiger partial charge on any atom is -0.480 e. The molecule has 5 nitrogen and oxygen atoms in total. The van der Waals surface area contributed by atoms with Gasteiger partial charge in [-0.1, -0.05) is 6.42 Å². The van der Waals surface area contributed by atoms with Crippen LogP contribution in [0.3, 0.4) is 0 Å². The Kier molecular flexibility index (Phi) is 6.54. The maximum absolute atomic E-state index is 10.4. The Morgan fingerprint density at radius 3 is 1.88 bits per heavy atom. The van der Waals surface area contributed by atoms with E-state index in [0.717, 1.165) is 45.2 Å². The summed E-state index contributed by atoms with van der Waals surface area (Å²) >= 11 is 3.69. The molecule has 0 aromatic heterocycles. The summed E-state index contributed by atoms with van der Waals surface area (Å²) in [7, 11) is 0. The van der Waals surface area contributed by atoms with Crippen molar-refractivity contribution in [3.63, 3.8) is 0 Å². The monoisotopic (exact) mass is 260 g/mol. The van der Waals surface area contributed by atoms with E-state index >= 15 is 0 Å². The topological polar surface area (TPSA) is 78.4 Å². The lowest BCUT2D eigenvalue weighted by Crippen LogP contribution is -2.40. The van der Waals surface area contributed by atoms with Crippen LogP contribution >= 0.6 is 12.6 Å². The highest BCUT2D eigenvalue weighted by Crippen LogP contribution is 2.06. The van der Waals surface area contributed by atoms with Crippen molar-refractivity contribution in [3.05, 3.63) is 0 Å². The molecular formula is C11H20N2O3S. The number of carboxylic acids is 1. The molecule has 2 atom stereocenters. The molecule has 2 saturated heterocycles. The summed E-state index contributed by atoms with van der Waals surface area (Å²) in [4.78, 5) is 20.7. The van der Waals surface area contributed by atoms with Crippen LogP contribution in [-0.2, 0) is 9.59 Å². The SMILES string of the molecule is O=C(O)C1CCCCN1.O=C(S)[C@@H]1CCCN1. The van der Waals surface area contributed by atoms with Crippen LogP contribution in [0, 0.1) is 0 Å². The van der Waals surface area contributed by atoms with Crippen molar-refractivity contribution in [1.82, 2.24) is 10.6 Å². The summed E-state index contributed by atoms with van der Waals surface area (Å²) in [6.45, 7) is 1.83. The number of carbonyl (C=O) groups is 2. The molecule has 0 aliphatic carbocycles. The van der Waals surface area contributed by atoms with Crippen molar-refractivity contribution in [2.75, 3.05) is 13.1 Å². The second-order valence-corrected chi connectivity index (χ2v) is 4.77. The molecule has 2 heterocycles. The molecule has 2 aliphatic heterocycles. The molecule has 0 spiro atoms. The molecule has 0 aromatic carbocycles. The van der Waals surface area contributed by atoms with Crippen LogP contribution in [0.15, 0.2) is 0 Å². The van der Waals surface area contributed by atoms with E-state index in [1.165, 1.54) is 0 Å². The molecule has 0 aromatic rings. The van der Waals surface area contributed by atoms with E-state index in [0.29, 0.717) is 0 Å². The van der Waals surface area contributed by atoms with Crippen LogP contribution in [0.5, 0.6) is 0 Å². The van der Waals surface area contributed by atoms with Gasteiger partial charge in [-0.2, -0.15) is 0 Å². The smallest absolute Gasteiger partial charge is 0.320 e. The Hall–Kier alpha value is -0.590. The highest BCUT2D eigenvalue weighted by molar-refractivity contribution is 7.96. The summed E-state index contributed by atoms with van der Waals surface area (Å²) in [5.74, 6) is -0.713. The number of hydrogen-bond acceptors (Lipinski definition) is 4. The summed E-state index contributed by atoms with van der Waals surface area (Å²) in [6, 6.07) is -0.239. The second kappa shape index (κ2) is 7.68. The average molecular weight is 260 g/mol. The van der Waals surface area contributed by atoms with Gasteiger partial charge in [0.15, 0.2) is 0 Å². The predicted molar refractivity (Wildman–Crippen MR) is 68.3 cm³/mol. The van der Waals surface area contributed by atoms with Crippen molar-refractivity contribution < 1.29 is 14.7 Å². The van der Waals surface area contributed by atoms with Gasteiger partial charge in [0.2, 0.25) is 5.12 Å². The first-order valence-electron chi connectivity index (χ1n) is 6.03. The van der Waals surface area contributed by atoms with E-state index < -0.39 is 5.97 Å². The van der Waals surface area contributed by atoms with Crippen molar-refractivity contribution in [3.8, 4) is 0 Å². The molecule has 0 radical (unpaired) electrons. The summed E-state index contributed by atoms with van der Waals surface area (Å²) in [5, 5.41) is 14.4. The van der Waals surface area contributed by atoms with E-state index in [-0.39, 0.29) is 17.2 Å². The molecule has 2 rings (SSSR count). The van der Waals surface area contributed by atoms with Gasteiger partial charge in [-0.3, -0.25) is 9.59 Å². The molecule has 3 N–H and O–H groups in total. The van der Waals surface area contributed by atoms with Crippen molar-refractivity contribution >= 4 is 23.7 Å². The van der Waals surface area contributed by atoms with E-state index in [1.807, 2.05) is 0 Å². The number of thiol groups is 1. The number of hydrogen-bond donors (Lipinski definition) is 4. The Labute approximate surface area is 107 Å². The lowest BCUT2D eigenvalue weighted by molar-refractivity contribution is -0.140. The minimum atomic E-state index is -0.713. The molecule has 0 saturated carbocycles. The standard InChI is InChI=1S/C6H11NO2.C5H9NOS/c8-6(9)5-3-1-2-4-7-5;7-5(8)4-2-1-3-6-4/h5,7H,1-4H2,(H,8,9);4,6H,1-3H2,(H,7,8)/t;4-/m.0/s1. The molecular weight excluding hydrogens is 240 g/mol. The van der Waals surface area contributed by atoms with Gasteiger partial charge in [-0.25, -0.2) is 0 Å². The Balaban J connectivity index is 0.000000171. The highest BCUT2D eigenvalue weighted by Gasteiger charge is 2.18. The molecule has 0 amide bonds. The molecule has 17 heavy (non-hydrogen) atoms. The van der Waals surface area contributed by atoms with E-state index in [2.05, 4.69) is 23.3 Å². The average Bonchev–Trinajstić information content (AvgIpc) is 2.84. The van der Waals surface area contributed by atoms with E-state index in [4.69, 9.17) is 5.11 Å². The van der Waals surface area contributed by atoms with Gasteiger partial charge in [0, 0.05) is 0 Å². The minimum absolute atomic E-state index is 0.0255. The van der Waals surface area contributed by atoms with Crippen LogP contribution < -0.4 is 10.6 Å². The number of nitrogens with one attached hydrogen (secondary N) is 2. The zero-order valence-corrected chi connectivity index (χ0v) is 10.7. The third-order valence-corrected chi connectivity index (χ3v) is 3.28. The third kappa shape index (κ3) is 5.52. The zero-order valence-electron chi connectivity index (χ0n) is 9.82. The van der Waals surface area contributed by atoms with Gasteiger partial charge in [0.05, 0.1) is 6.04 Å². The second-order valence-electron chi connectivity index (χ2n) is 4.33. The highest BCUT2D eigenvalue weighted by atomic mass is 32.1. The maximum Gasteiger partial charge on any atom is 0.320 e. The van der Waals surface area contributed by atoms with Gasteiger partial charge in [0.25, 0.3) is 0 Å². The quantitative estimate of drug-likeness (QED) is 0.541. The first kappa shape index (κ1) is 14.5. The van der Waals surface area contributed by atoms with Crippen molar-refractivity contribution in [2.45, 2.75) is 44.2 Å². The number of piperidine rings is 1. The molecule has 1 unspecified atom stereocenters. The fourth-order valence-electron chi connectivity index (χ4n) is 1.96. The van der Waals surface area contributed by atoms with Crippen molar-refractivity contribution in [2.24, 2.45) is 0 Å². The zero-order chi connectivity index (χ0) is 12.7. The Morgan fingerprint density at radius 2 is 1.59 bits per heavy atom. The van der Waals surface area contributed by atoms with Crippen LogP contribution in [0.1, 0.15) is 32.1 Å². The molecule has 2 fully saturated rings. The fourth-order valence-corrected chi connectivity index (χ4v) is 2.18. The van der Waals surface area contributed by atoms with Crippen LogP contribution in [0.25, 0.3) is 0 Å². The van der Waals surface area contributed by atoms with Gasteiger partial charge >= 0.3 is 5.97 Å². The predicted octanol–water partition coefficient (Wildman–Crippen LogP) is 0.408. The Bertz CT molecular complexity index is 261. The lowest BCUT2D eigenvalue weighted by Gasteiger charge is -2.18. The van der Waals surface area contributed by atoms with Gasteiger partial charge in [-0.05, 0) is 38.8 Å². The summed E-state index contributed by atoms with van der Waals surface area (Å²) in [6.07, 6.45) is 5.02. The lowest BCUT2D eigenvalue weighted by atomic mass is 10.1. The Morgan fingerprint density at radius 1 is 1.00 bits per heavy atom. The maximum atomic E-state index is 10.4. The fraction of sp³-hybridized carbons (Fsp3) is 0.818. The molecule has 0 bridgehead atoms. The first-order chi connectivity index (χ1) is 8.11. The van der Waals surface area contributed by atoms with E-state index in [1.54, 1.807) is 0 Å². The van der Waals surface area contributed by atoms with Gasteiger partial charge in [-0.15, -0.1) is 12.6 Å². The number of rotatable bonds is 2. The third-order valence-electron chi connectivity index (χ3n) is 2.97. The molecule has 98 valence electrons. The molecule has 2 aliphatic rings. The van der Waals surface area contributed by atoms with Gasteiger partial charge < -0.3 is 15.7 Å². The largest absolute Gasteiger partial charge is 0.480 e. The number of carbonyl (C=O) groups excluding carboxylic acids is 1. The summed E-state index contributed by atoms with van der Waals surface area (Å²) in [5.41, 5.74) is 0.